The summed E-state index contributed by atoms with van der Waals surface area (Å²) in [6.07, 6.45) is 1.88. The lowest BCUT2D eigenvalue weighted by atomic mass is 10.3. The number of aromatic nitrogens is 1. The van der Waals surface area contributed by atoms with Gasteiger partial charge in [-0.3, -0.25) is 0 Å². The third kappa shape index (κ3) is 1.90. The molecule has 0 aliphatic carbocycles. The molecule has 0 spiro atoms. The Hall–Kier alpha value is 0.160. The number of anilines is 1. The smallest absolute Gasteiger partial charge is 0.142 e. The average Bonchev–Trinajstić information content (AvgIpc) is 2.00. The number of pyridine rings is 1. The van der Waals surface area contributed by atoms with Gasteiger partial charge in [0.15, 0.2) is 0 Å². The highest BCUT2D eigenvalue weighted by Gasteiger charge is 2.08. The van der Waals surface area contributed by atoms with Crippen LogP contribution in [0, 0.1) is 10.5 Å². The van der Waals surface area contributed by atoms with Crippen LogP contribution in [0.15, 0.2) is 10.7 Å². The predicted octanol–water partition coefficient (Wildman–Crippen LogP) is 2.82. The second kappa shape index (κ2) is 3.91. The minimum atomic E-state index is 0.980. The van der Waals surface area contributed by atoms with E-state index in [1.54, 1.807) is 0 Å². The fourth-order valence-corrected chi connectivity index (χ4v) is 2.31. The van der Waals surface area contributed by atoms with Crippen LogP contribution in [-0.2, 0) is 0 Å². The Morgan fingerprint density at radius 1 is 1.50 bits per heavy atom. The van der Waals surface area contributed by atoms with Crippen LogP contribution < -0.4 is 4.90 Å². The van der Waals surface area contributed by atoms with E-state index >= 15 is 0 Å². The highest BCUT2D eigenvalue weighted by Crippen LogP contribution is 2.28. The van der Waals surface area contributed by atoms with Gasteiger partial charge >= 0.3 is 0 Å². The summed E-state index contributed by atoms with van der Waals surface area (Å²) in [7, 11) is 3.97. The maximum atomic E-state index is 4.31. The molecule has 2 nitrogen and oxygen atoms in total. The second-order valence-electron chi connectivity index (χ2n) is 2.76. The van der Waals surface area contributed by atoms with Gasteiger partial charge in [-0.25, -0.2) is 4.98 Å². The van der Waals surface area contributed by atoms with E-state index < -0.39 is 0 Å². The van der Waals surface area contributed by atoms with Crippen molar-refractivity contribution in [3.8, 4) is 0 Å². The van der Waals surface area contributed by atoms with Crippen LogP contribution in [0.5, 0.6) is 0 Å². The molecule has 1 aromatic heterocycles. The third-order valence-corrected chi connectivity index (χ3v) is 3.64. The van der Waals surface area contributed by atoms with Gasteiger partial charge in [-0.15, -0.1) is 0 Å². The predicted molar refractivity (Wildman–Crippen MR) is 63.7 cm³/mol. The number of rotatable bonds is 1. The van der Waals surface area contributed by atoms with Gasteiger partial charge in [0.1, 0.15) is 5.82 Å². The van der Waals surface area contributed by atoms with Crippen molar-refractivity contribution >= 4 is 44.3 Å². The largest absolute Gasteiger partial charge is 0.362 e. The van der Waals surface area contributed by atoms with Gasteiger partial charge in [-0.05, 0) is 51.0 Å². The Bertz CT molecular complexity index is 299. The van der Waals surface area contributed by atoms with Crippen LogP contribution in [-0.4, -0.2) is 19.1 Å². The quantitative estimate of drug-likeness (QED) is 0.731. The summed E-state index contributed by atoms with van der Waals surface area (Å²) in [5.74, 6) is 0.980. The van der Waals surface area contributed by atoms with Gasteiger partial charge in [-0.2, -0.15) is 0 Å². The summed E-state index contributed by atoms with van der Waals surface area (Å²) in [4.78, 5) is 6.30. The summed E-state index contributed by atoms with van der Waals surface area (Å²) in [6.45, 7) is 2.08. The van der Waals surface area contributed by atoms with E-state index in [0.717, 1.165) is 10.3 Å². The molecule has 0 aliphatic rings. The number of hydrogen-bond acceptors (Lipinski definition) is 2. The fourth-order valence-electron chi connectivity index (χ4n) is 0.856. The van der Waals surface area contributed by atoms with E-state index in [9.17, 15) is 0 Å². The number of hydrogen-bond donors (Lipinski definition) is 0. The van der Waals surface area contributed by atoms with Crippen LogP contribution in [0.3, 0.4) is 0 Å². The average molecular weight is 341 g/mol. The van der Waals surface area contributed by atoms with Crippen molar-refractivity contribution in [1.82, 2.24) is 4.98 Å². The Labute approximate surface area is 94.6 Å². The molecule has 0 saturated carbocycles. The molecule has 0 saturated heterocycles. The second-order valence-corrected chi connectivity index (χ2v) is 4.72. The molecule has 0 atom stereocenters. The minimum absolute atomic E-state index is 0.980. The first-order valence-corrected chi connectivity index (χ1v) is 5.39. The minimum Gasteiger partial charge on any atom is -0.362 e. The maximum absolute atomic E-state index is 4.31. The van der Waals surface area contributed by atoms with Gasteiger partial charge in [0.2, 0.25) is 0 Å². The van der Waals surface area contributed by atoms with Crippen molar-refractivity contribution in [3.63, 3.8) is 0 Å². The third-order valence-electron chi connectivity index (χ3n) is 1.61. The van der Waals surface area contributed by atoms with Crippen molar-refractivity contribution in [2.45, 2.75) is 6.92 Å². The molecular weight excluding hydrogens is 331 g/mol. The normalized spacial score (nSPS) is 10.1. The Kier molecular flexibility index (Phi) is 3.34. The first kappa shape index (κ1) is 10.2. The molecule has 0 N–H and O–H groups in total. The number of nitrogens with zero attached hydrogens (tertiary/aromatic N) is 2. The molecule has 66 valence electrons. The van der Waals surface area contributed by atoms with Gasteiger partial charge in [0.05, 0.1) is 4.47 Å². The van der Waals surface area contributed by atoms with Gasteiger partial charge in [-0.1, -0.05) is 0 Å². The Morgan fingerprint density at radius 2 is 2.08 bits per heavy atom. The molecule has 0 bridgehead atoms. The molecule has 1 rings (SSSR count). The van der Waals surface area contributed by atoms with Gasteiger partial charge < -0.3 is 4.90 Å². The van der Waals surface area contributed by atoms with Crippen LogP contribution in [0.25, 0.3) is 0 Å². The maximum Gasteiger partial charge on any atom is 0.142 e. The van der Waals surface area contributed by atoms with Crippen LogP contribution in [0.1, 0.15) is 5.56 Å². The Balaban J connectivity index is 3.27. The van der Waals surface area contributed by atoms with E-state index in [1.165, 1.54) is 9.13 Å². The molecule has 1 heterocycles. The van der Waals surface area contributed by atoms with Gasteiger partial charge in [0, 0.05) is 23.9 Å². The highest BCUT2D eigenvalue weighted by atomic mass is 127. The lowest BCUT2D eigenvalue weighted by Crippen LogP contribution is -2.12. The first-order chi connectivity index (χ1) is 5.54. The molecule has 12 heavy (non-hydrogen) atoms. The van der Waals surface area contributed by atoms with Crippen LogP contribution >= 0.6 is 38.5 Å². The lowest BCUT2D eigenvalue weighted by molar-refractivity contribution is 1.05. The molecule has 0 amide bonds. The fraction of sp³-hybridized carbons (Fsp3) is 0.375. The molecule has 4 heteroatoms. The molecule has 0 radical (unpaired) electrons. The number of halogens is 2. The standard InChI is InChI=1S/C8H10BrIN2/c1-5-6(10)4-11-8(7(5)9)12(2)3/h4H,1-3H3. The summed E-state index contributed by atoms with van der Waals surface area (Å²) >= 11 is 5.80. The van der Waals surface area contributed by atoms with Crippen molar-refractivity contribution < 1.29 is 0 Å². The first-order valence-electron chi connectivity index (χ1n) is 3.52. The monoisotopic (exact) mass is 340 g/mol. The SMILES string of the molecule is Cc1c(I)cnc(N(C)C)c1Br. The summed E-state index contributed by atoms with van der Waals surface area (Å²) in [5.41, 5.74) is 1.24. The van der Waals surface area contributed by atoms with Crippen molar-refractivity contribution in [1.29, 1.82) is 0 Å². The highest BCUT2D eigenvalue weighted by molar-refractivity contribution is 14.1. The van der Waals surface area contributed by atoms with E-state index in [4.69, 9.17) is 0 Å². The lowest BCUT2D eigenvalue weighted by Gasteiger charge is -2.14. The topological polar surface area (TPSA) is 16.1 Å². The van der Waals surface area contributed by atoms with Crippen LogP contribution in [0.2, 0.25) is 0 Å². The van der Waals surface area contributed by atoms with Crippen molar-refractivity contribution in [2.24, 2.45) is 0 Å². The van der Waals surface area contributed by atoms with E-state index in [1.807, 2.05) is 25.2 Å². The Morgan fingerprint density at radius 3 is 2.58 bits per heavy atom. The van der Waals surface area contributed by atoms with Gasteiger partial charge in [0.25, 0.3) is 0 Å². The van der Waals surface area contributed by atoms with Crippen LogP contribution in [0.4, 0.5) is 5.82 Å². The molecule has 0 aromatic carbocycles. The van der Waals surface area contributed by atoms with Crippen molar-refractivity contribution in [2.75, 3.05) is 19.0 Å². The summed E-state index contributed by atoms with van der Waals surface area (Å²) in [5, 5.41) is 0. The molecule has 1 aromatic rings. The zero-order valence-electron chi connectivity index (χ0n) is 7.23. The van der Waals surface area contributed by atoms with E-state index in [2.05, 4.69) is 50.4 Å². The zero-order chi connectivity index (χ0) is 9.30. The molecule has 0 fully saturated rings. The zero-order valence-corrected chi connectivity index (χ0v) is 11.0. The molecule has 0 aliphatic heterocycles. The molecular formula is C8H10BrIN2. The summed E-state index contributed by atoms with van der Waals surface area (Å²) in [6, 6.07) is 0. The molecule has 0 unspecified atom stereocenters. The van der Waals surface area contributed by atoms with E-state index in [0.29, 0.717) is 0 Å². The van der Waals surface area contributed by atoms with Crippen molar-refractivity contribution in [3.05, 3.63) is 19.8 Å². The summed E-state index contributed by atoms with van der Waals surface area (Å²) < 4.78 is 2.27. The van der Waals surface area contributed by atoms with E-state index in [-0.39, 0.29) is 0 Å².